The lowest BCUT2D eigenvalue weighted by Crippen LogP contribution is -2.06. The standard InChI is InChI=1S/C15H18ClN3O/c1-3-4-13-14(16)18-10-19-15(13)17-9-11-5-7-12(20-2)8-6-11/h5-8,10H,3-4,9H2,1-2H3,(H,17,18,19). The first kappa shape index (κ1) is 14.6. The van der Waals surface area contributed by atoms with Gasteiger partial charge >= 0.3 is 0 Å². The molecule has 1 aromatic heterocycles. The van der Waals surface area contributed by atoms with E-state index in [9.17, 15) is 0 Å². The van der Waals surface area contributed by atoms with E-state index in [-0.39, 0.29) is 0 Å². The average molecular weight is 292 g/mol. The zero-order valence-electron chi connectivity index (χ0n) is 11.7. The van der Waals surface area contributed by atoms with E-state index in [0.717, 1.165) is 35.5 Å². The normalized spacial score (nSPS) is 10.3. The molecule has 4 nitrogen and oxygen atoms in total. The number of nitrogens with zero attached hydrogens (tertiary/aromatic N) is 2. The van der Waals surface area contributed by atoms with Gasteiger partial charge in [-0.1, -0.05) is 37.1 Å². The van der Waals surface area contributed by atoms with Crippen LogP contribution in [0, 0.1) is 0 Å². The fourth-order valence-electron chi connectivity index (χ4n) is 1.94. The van der Waals surface area contributed by atoms with Gasteiger partial charge in [0.1, 0.15) is 23.0 Å². The molecular weight excluding hydrogens is 274 g/mol. The van der Waals surface area contributed by atoms with Gasteiger partial charge in [-0.05, 0) is 24.1 Å². The Bertz CT molecular complexity index is 558. The van der Waals surface area contributed by atoms with Crippen LogP contribution in [0.25, 0.3) is 0 Å². The second-order valence-electron chi connectivity index (χ2n) is 4.44. The molecule has 0 bridgehead atoms. The quantitative estimate of drug-likeness (QED) is 0.824. The van der Waals surface area contributed by atoms with Crippen molar-refractivity contribution in [3.05, 3.63) is 46.9 Å². The molecule has 0 spiro atoms. The average Bonchev–Trinajstić information content (AvgIpc) is 2.48. The molecule has 1 N–H and O–H groups in total. The molecule has 1 aromatic carbocycles. The van der Waals surface area contributed by atoms with Crippen LogP contribution < -0.4 is 10.1 Å². The Balaban J connectivity index is 2.08. The molecule has 0 radical (unpaired) electrons. The number of anilines is 1. The van der Waals surface area contributed by atoms with Crippen molar-refractivity contribution in [1.82, 2.24) is 9.97 Å². The largest absolute Gasteiger partial charge is 0.497 e. The minimum atomic E-state index is 0.527. The van der Waals surface area contributed by atoms with Gasteiger partial charge in [-0.25, -0.2) is 9.97 Å². The molecule has 2 rings (SSSR count). The van der Waals surface area contributed by atoms with Crippen molar-refractivity contribution in [2.75, 3.05) is 12.4 Å². The predicted molar refractivity (Wildman–Crippen MR) is 81.4 cm³/mol. The maximum absolute atomic E-state index is 6.12. The Morgan fingerprint density at radius 1 is 1.20 bits per heavy atom. The highest BCUT2D eigenvalue weighted by Crippen LogP contribution is 2.22. The van der Waals surface area contributed by atoms with Gasteiger partial charge in [-0.2, -0.15) is 0 Å². The summed E-state index contributed by atoms with van der Waals surface area (Å²) >= 11 is 6.12. The topological polar surface area (TPSA) is 47.0 Å². The molecule has 20 heavy (non-hydrogen) atoms. The number of rotatable bonds is 6. The Hall–Kier alpha value is -1.81. The summed E-state index contributed by atoms with van der Waals surface area (Å²) in [6, 6.07) is 7.93. The molecule has 0 aliphatic rings. The van der Waals surface area contributed by atoms with Gasteiger partial charge in [0.2, 0.25) is 0 Å². The maximum Gasteiger partial charge on any atom is 0.137 e. The van der Waals surface area contributed by atoms with Gasteiger partial charge in [-0.3, -0.25) is 0 Å². The molecule has 2 aromatic rings. The maximum atomic E-state index is 6.12. The summed E-state index contributed by atoms with van der Waals surface area (Å²) in [5.74, 6) is 1.66. The summed E-state index contributed by atoms with van der Waals surface area (Å²) in [7, 11) is 1.66. The summed E-state index contributed by atoms with van der Waals surface area (Å²) in [5, 5.41) is 3.84. The Morgan fingerprint density at radius 3 is 2.60 bits per heavy atom. The van der Waals surface area contributed by atoms with Gasteiger partial charge in [-0.15, -0.1) is 0 Å². The van der Waals surface area contributed by atoms with E-state index in [1.54, 1.807) is 7.11 Å². The highest BCUT2D eigenvalue weighted by atomic mass is 35.5. The molecule has 0 unspecified atom stereocenters. The molecule has 0 atom stereocenters. The number of benzene rings is 1. The van der Waals surface area contributed by atoms with Crippen molar-refractivity contribution in [3.63, 3.8) is 0 Å². The second-order valence-corrected chi connectivity index (χ2v) is 4.80. The lowest BCUT2D eigenvalue weighted by Gasteiger charge is -2.11. The van der Waals surface area contributed by atoms with E-state index >= 15 is 0 Å². The van der Waals surface area contributed by atoms with E-state index in [0.29, 0.717) is 11.7 Å². The van der Waals surface area contributed by atoms with Gasteiger partial charge in [0.25, 0.3) is 0 Å². The SMILES string of the molecule is CCCc1c(Cl)ncnc1NCc1ccc(OC)cc1. The molecule has 1 heterocycles. The number of hydrogen-bond acceptors (Lipinski definition) is 4. The van der Waals surface area contributed by atoms with Crippen LogP contribution in [0.3, 0.4) is 0 Å². The molecule has 0 saturated carbocycles. The number of halogens is 1. The molecule has 0 aliphatic carbocycles. The van der Waals surface area contributed by atoms with Gasteiger partial charge in [0, 0.05) is 12.1 Å². The van der Waals surface area contributed by atoms with Crippen LogP contribution in [0.5, 0.6) is 5.75 Å². The summed E-state index contributed by atoms with van der Waals surface area (Å²) < 4.78 is 5.14. The predicted octanol–water partition coefficient (Wildman–Crippen LogP) is 3.70. The van der Waals surface area contributed by atoms with Gasteiger partial charge in [0.05, 0.1) is 7.11 Å². The number of ether oxygens (including phenoxy) is 1. The first-order valence-corrected chi connectivity index (χ1v) is 6.98. The highest BCUT2D eigenvalue weighted by molar-refractivity contribution is 6.30. The molecular formula is C15H18ClN3O. The third kappa shape index (κ3) is 3.61. The zero-order valence-corrected chi connectivity index (χ0v) is 12.4. The first-order chi connectivity index (χ1) is 9.74. The fourth-order valence-corrected chi connectivity index (χ4v) is 2.17. The van der Waals surface area contributed by atoms with Gasteiger partial charge < -0.3 is 10.1 Å². The Kier molecular flexibility index (Phi) is 5.18. The lowest BCUT2D eigenvalue weighted by atomic mass is 10.1. The third-order valence-corrected chi connectivity index (χ3v) is 3.34. The van der Waals surface area contributed by atoms with Crippen LogP contribution >= 0.6 is 11.6 Å². The van der Waals surface area contributed by atoms with Crippen LogP contribution in [0.2, 0.25) is 5.15 Å². The monoisotopic (exact) mass is 291 g/mol. The van der Waals surface area contributed by atoms with E-state index in [2.05, 4.69) is 22.2 Å². The number of hydrogen-bond donors (Lipinski definition) is 1. The summed E-state index contributed by atoms with van der Waals surface area (Å²) in [6.07, 6.45) is 3.35. The summed E-state index contributed by atoms with van der Waals surface area (Å²) in [6.45, 7) is 2.80. The van der Waals surface area contributed by atoms with Crippen molar-refractivity contribution < 1.29 is 4.74 Å². The van der Waals surface area contributed by atoms with Crippen LogP contribution in [0.15, 0.2) is 30.6 Å². The van der Waals surface area contributed by atoms with Crippen molar-refractivity contribution in [2.45, 2.75) is 26.3 Å². The van der Waals surface area contributed by atoms with Crippen LogP contribution in [-0.2, 0) is 13.0 Å². The molecule has 0 aliphatic heterocycles. The zero-order chi connectivity index (χ0) is 14.4. The van der Waals surface area contributed by atoms with Crippen LogP contribution in [0.1, 0.15) is 24.5 Å². The van der Waals surface area contributed by atoms with Crippen molar-refractivity contribution >= 4 is 17.4 Å². The summed E-state index contributed by atoms with van der Waals surface area (Å²) in [5.41, 5.74) is 2.13. The van der Waals surface area contributed by atoms with E-state index in [4.69, 9.17) is 16.3 Å². The third-order valence-electron chi connectivity index (χ3n) is 3.01. The van der Waals surface area contributed by atoms with Crippen molar-refractivity contribution in [3.8, 4) is 5.75 Å². The summed E-state index contributed by atoms with van der Waals surface area (Å²) in [4.78, 5) is 8.31. The minimum absolute atomic E-state index is 0.527. The van der Waals surface area contributed by atoms with E-state index in [1.165, 1.54) is 6.33 Å². The van der Waals surface area contributed by atoms with Crippen LogP contribution in [-0.4, -0.2) is 17.1 Å². The second kappa shape index (κ2) is 7.10. The Morgan fingerprint density at radius 2 is 1.95 bits per heavy atom. The van der Waals surface area contributed by atoms with Crippen molar-refractivity contribution in [1.29, 1.82) is 0 Å². The van der Waals surface area contributed by atoms with Crippen LogP contribution in [0.4, 0.5) is 5.82 Å². The fraction of sp³-hybridized carbons (Fsp3) is 0.333. The molecule has 5 heteroatoms. The number of methoxy groups -OCH3 is 1. The lowest BCUT2D eigenvalue weighted by molar-refractivity contribution is 0.414. The Labute approximate surface area is 124 Å². The van der Waals surface area contributed by atoms with E-state index < -0.39 is 0 Å². The molecule has 0 fully saturated rings. The minimum Gasteiger partial charge on any atom is -0.497 e. The highest BCUT2D eigenvalue weighted by Gasteiger charge is 2.08. The smallest absolute Gasteiger partial charge is 0.137 e. The molecule has 0 saturated heterocycles. The molecule has 0 amide bonds. The van der Waals surface area contributed by atoms with E-state index in [1.807, 2.05) is 24.3 Å². The van der Waals surface area contributed by atoms with Crippen molar-refractivity contribution in [2.24, 2.45) is 0 Å². The van der Waals surface area contributed by atoms with Gasteiger partial charge in [0.15, 0.2) is 0 Å². The number of nitrogens with one attached hydrogen (secondary N) is 1. The number of aromatic nitrogens is 2. The first-order valence-electron chi connectivity index (χ1n) is 6.60. The molecule has 106 valence electrons.